The maximum atomic E-state index is 12.0. The zero-order valence-corrected chi connectivity index (χ0v) is 11.6. The van der Waals surface area contributed by atoms with Gasteiger partial charge in [-0.25, -0.2) is 4.79 Å². The van der Waals surface area contributed by atoms with Crippen LogP contribution in [-0.4, -0.2) is 37.3 Å². The van der Waals surface area contributed by atoms with Crippen molar-refractivity contribution in [3.05, 3.63) is 41.4 Å². The number of halogens is 1. The Balaban J connectivity index is 1.83. The van der Waals surface area contributed by atoms with Crippen molar-refractivity contribution >= 4 is 28.5 Å². The van der Waals surface area contributed by atoms with E-state index in [1.54, 1.807) is 11.0 Å². The van der Waals surface area contributed by atoms with Gasteiger partial charge in [-0.15, -0.1) is 0 Å². The van der Waals surface area contributed by atoms with Gasteiger partial charge in [-0.1, -0.05) is 41.9 Å². The molecule has 2 aromatic carbocycles. The molecule has 4 nitrogen and oxygen atoms in total. The zero-order chi connectivity index (χ0) is 13.9. The average molecular weight is 292 g/mol. The molecule has 20 heavy (non-hydrogen) atoms. The van der Waals surface area contributed by atoms with E-state index in [1.807, 2.05) is 30.3 Å². The standard InChI is InChI=1S/C15H14ClNO3/c16-14-12-4-2-1-3-11(12)5-6-13(14)20-15(18)17-7-9-19-10-8-17/h1-6H,7-10H2. The smallest absolute Gasteiger partial charge is 0.409 e. The predicted molar refractivity (Wildman–Crippen MR) is 77.4 cm³/mol. The Labute approximate surface area is 121 Å². The fourth-order valence-corrected chi connectivity index (χ4v) is 2.47. The van der Waals surface area contributed by atoms with Gasteiger partial charge in [-0.2, -0.15) is 0 Å². The summed E-state index contributed by atoms with van der Waals surface area (Å²) < 4.78 is 10.6. The van der Waals surface area contributed by atoms with Crippen LogP contribution in [0.5, 0.6) is 5.75 Å². The Kier molecular flexibility index (Phi) is 3.76. The van der Waals surface area contributed by atoms with Crippen molar-refractivity contribution in [2.24, 2.45) is 0 Å². The van der Waals surface area contributed by atoms with E-state index in [4.69, 9.17) is 21.1 Å². The first-order chi connectivity index (χ1) is 9.75. The Morgan fingerprint density at radius 1 is 1.15 bits per heavy atom. The Bertz CT molecular complexity index is 638. The van der Waals surface area contributed by atoms with E-state index >= 15 is 0 Å². The SMILES string of the molecule is O=C(Oc1ccc2ccccc2c1Cl)N1CCOCC1. The average Bonchev–Trinajstić information content (AvgIpc) is 2.51. The molecular weight excluding hydrogens is 278 g/mol. The van der Waals surface area contributed by atoms with Crippen LogP contribution in [0, 0.1) is 0 Å². The molecule has 0 aromatic heterocycles. The van der Waals surface area contributed by atoms with Gasteiger partial charge in [0.15, 0.2) is 5.75 Å². The lowest BCUT2D eigenvalue weighted by atomic mass is 10.1. The van der Waals surface area contributed by atoms with Gasteiger partial charge in [0.2, 0.25) is 0 Å². The number of amides is 1. The third-order valence-corrected chi connectivity index (χ3v) is 3.68. The molecule has 0 radical (unpaired) electrons. The number of nitrogens with zero attached hydrogens (tertiary/aromatic N) is 1. The van der Waals surface area contributed by atoms with Crippen LogP contribution in [0.25, 0.3) is 10.8 Å². The van der Waals surface area contributed by atoms with Gasteiger partial charge >= 0.3 is 6.09 Å². The number of hydrogen-bond acceptors (Lipinski definition) is 3. The van der Waals surface area contributed by atoms with Crippen molar-refractivity contribution in [1.29, 1.82) is 0 Å². The molecule has 0 bridgehead atoms. The van der Waals surface area contributed by atoms with E-state index in [9.17, 15) is 4.79 Å². The van der Waals surface area contributed by atoms with Crippen LogP contribution in [0.15, 0.2) is 36.4 Å². The van der Waals surface area contributed by atoms with Crippen molar-refractivity contribution in [2.45, 2.75) is 0 Å². The molecule has 0 saturated carbocycles. The van der Waals surface area contributed by atoms with E-state index < -0.39 is 0 Å². The molecule has 1 fully saturated rings. The van der Waals surface area contributed by atoms with Crippen LogP contribution in [-0.2, 0) is 4.74 Å². The number of morpholine rings is 1. The molecule has 0 N–H and O–H groups in total. The quantitative estimate of drug-likeness (QED) is 0.809. The lowest BCUT2D eigenvalue weighted by molar-refractivity contribution is 0.0416. The zero-order valence-electron chi connectivity index (χ0n) is 10.8. The second-order valence-electron chi connectivity index (χ2n) is 4.57. The molecule has 0 spiro atoms. The number of carbonyl (C=O) groups excluding carboxylic acids is 1. The Morgan fingerprint density at radius 2 is 1.90 bits per heavy atom. The largest absolute Gasteiger partial charge is 0.415 e. The number of rotatable bonds is 1. The van der Waals surface area contributed by atoms with Gasteiger partial charge in [0.25, 0.3) is 0 Å². The van der Waals surface area contributed by atoms with E-state index in [2.05, 4.69) is 0 Å². The van der Waals surface area contributed by atoms with Crippen LogP contribution in [0.2, 0.25) is 5.02 Å². The first kappa shape index (κ1) is 13.2. The summed E-state index contributed by atoms with van der Waals surface area (Å²) in [4.78, 5) is 13.7. The second-order valence-corrected chi connectivity index (χ2v) is 4.94. The minimum absolute atomic E-state index is 0.384. The lowest BCUT2D eigenvalue weighted by Gasteiger charge is -2.26. The van der Waals surface area contributed by atoms with E-state index in [0.29, 0.717) is 37.1 Å². The summed E-state index contributed by atoms with van der Waals surface area (Å²) in [5.74, 6) is 0.391. The van der Waals surface area contributed by atoms with Gasteiger partial charge in [-0.3, -0.25) is 0 Å². The summed E-state index contributed by atoms with van der Waals surface area (Å²) in [6.07, 6.45) is -0.384. The summed E-state index contributed by atoms with van der Waals surface area (Å²) in [7, 11) is 0. The normalized spacial score (nSPS) is 15.3. The van der Waals surface area contributed by atoms with Crippen LogP contribution < -0.4 is 4.74 Å². The van der Waals surface area contributed by atoms with Gasteiger partial charge in [-0.05, 0) is 11.5 Å². The summed E-state index contributed by atoms with van der Waals surface area (Å²) in [5, 5.41) is 2.36. The minimum atomic E-state index is -0.384. The van der Waals surface area contributed by atoms with Gasteiger partial charge in [0, 0.05) is 18.5 Å². The van der Waals surface area contributed by atoms with E-state index in [0.717, 1.165) is 10.8 Å². The van der Waals surface area contributed by atoms with Crippen molar-refractivity contribution in [1.82, 2.24) is 4.90 Å². The van der Waals surface area contributed by atoms with Crippen molar-refractivity contribution in [2.75, 3.05) is 26.3 Å². The Hall–Kier alpha value is -1.78. The van der Waals surface area contributed by atoms with Gasteiger partial charge < -0.3 is 14.4 Å². The highest BCUT2D eigenvalue weighted by molar-refractivity contribution is 6.37. The molecule has 5 heteroatoms. The third kappa shape index (κ3) is 2.57. The monoisotopic (exact) mass is 291 g/mol. The van der Waals surface area contributed by atoms with Crippen LogP contribution in [0.1, 0.15) is 0 Å². The summed E-state index contributed by atoms with van der Waals surface area (Å²) in [5.41, 5.74) is 0. The molecule has 0 unspecified atom stereocenters. The first-order valence-corrected chi connectivity index (χ1v) is 6.85. The van der Waals surface area contributed by atoms with Crippen molar-refractivity contribution < 1.29 is 14.3 Å². The maximum absolute atomic E-state index is 12.0. The molecule has 3 rings (SSSR count). The molecule has 1 aliphatic heterocycles. The molecule has 1 saturated heterocycles. The first-order valence-electron chi connectivity index (χ1n) is 6.47. The molecule has 1 aliphatic rings. The maximum Gasteiger partial charge on any atom is 0.415 e. The number of hydrogen-bond donors (Lipinski definition) is 0. The summed E-state index contributed by atoms with van der Waals surface area (Å²) >= 11 is 6.30. The topological polar surface area (TPSA) is 38.8 Å². The van der Waals surface area contributed by atoms with E-state index in [1.165, 1.54) is 0 Å². The molecule has 2 aromatic rings. The molecule has 1 amide bonds. The van der Waals surface area contributed by atoms with Gasteiger partial charge in [0.1, 0.15) is 0 Å². The number of carbonyl (C=O) groups is 1. The number of benzene rings is 2. The molecule has 1 heterocycles. The molecular formula is C15H14ClNO3. The number of ether oxygens (including phenoxy) is 2. The molecule has 0 atom stereocenters. The fourth-order valence-electron chi connectivity index (χ4n) is 2.20. The van der Waals surface area contributed by atoms with Crippen LogP contribution in [0.3, 0.4) is 0 Å². The summed E-state index contributed by atoms with van der Waals surface area (Å²) in [6, 6.07) is 11.3. The molecule has 104 valence electrons. The highest BCUT2D eigenvalue weighted by Crippen LogP contribution is 2.32. The van der Waals surface area contributed by atoms with Crippen LogP contribution >= 0.6 is 11.6 Å². The van der Waals surface area contributed by atoms with Crippen molar-refractivity contribution in [3.63, 3.8) is 0 Å². The summed E-state index contributed by atoms with van der Waals surface area (Å²) in [6.45, 7) is 2.18. The highest BCUT2D eigenvalue weighted by Gasteiger charge is 2.20. The highest BCUT2D eigenvalue weighted by atomic mass is 35.5. The minimum Gasteiger partial charge on any atom is -0.409 e. The van der Waals surface area contributed by atoms with Crippen LogP contribution in [0.4, 0.5) is 4.79 Å². The number of fused-ring (bicyclic) bond motifs is 1. The molecule has 0 aliphatic carbocycles. The van der Waals surface area contributed by atoms with Gasteiger partial charge in [0.05, 0.1) is 18.2 Å². The fraction of sp³-hybridized carbons (Fsp3) is 0.267. The lowest BCUT2D eigenvalue weighted by Crippen LogP contribution is -2.42. The Morgan fingerprint density at radius 3 is 2.70 bits per heavy atom. The second kappa shape index (κ2) is 5.69. The van der Waals surface area contributed by atoms with E-state index in [-0.39, 0.29) is 6.09 Å². The third-order valence-electron chi connectivity index (χ3n) is 3.29. The predicted octanol–water partition coefficient (Wildman–Crippen LogP) is 3.32. The van der Waals surface area contributed by atoms with Crippen molar-refractivity contribution in [3.8, 4) is 5.75 Å².